The number of imidazole rings is 1. The van der Waals surface area contributed by atoms with Gasteiger partial charge in [0.1, 0.15) is 5.82 Å². The molecule has 174 valence electrons. The molecular weight excluding hydrogens is 435 g/mol. The molecular formula is C22H24F3N7O. The van der Waals surface area contributed by atoms with Gasteiger partial charge in [-0.05, 0) is 43.2 Å². The first-order valence-corrected chi connectivity index (χ1v) is 10.5. The van der Waals surface area contributed by atoms with Gasteiger partial charge in [-0.1, -0.05) is 13.8 Å². The molecule has 0 aliphatic carbocycles. The number of anilines is 2. The zero-order chi connectivity index (χ0) is 23.8. The number of amides is 2. The van der Waals surface area contributed by atoms with E-state index in [0.29, 0.717) is 29.7 Å². The van der Waals surface area contributed by atoms with E-state index in [2.05, 4.69) is 25.6 Å². The SMILES string of the molecule is CC(C)[C@H]1CNC(=O)N1c1ccnc(N[C@@H](C)c2cn(-c3ccc(C(F)(F)F)cc3)cn2)n1. The topological polar surface area (TPSA) is 88.0 Å². The van der Waals surface area contributed by atoms with Crippen LogP contribution in [-0.2, 0) is 6.18 Å². The number of nitrogens with one attached hydrogen (secondary N) is 2. The van der Waals surface area contributed by atoms with E-state index in [-0.39, 0.29) is 24.0 Å². The number of alkyl halides is 3. The molecule has 2 atom stereocenters. The van der Waals surface area contributed by atoms with Crippen molar-refractivity contribution in [3.05, 3.63) is 60.3 Å². The number of urea groups is 1. The lowest BCUT2D eigenvalue weighted by atomic mass is 10.0. The number of halogens is 3. The average Bonchev–Trinajstić information content (AvgIpc) is 3.41. The molecule has 1 aliphatic rings. The van der Waals surface area contributed by atoms with Crippen molar-refractivity contribution in [2.75, 3.05) is 16.8 Å². The third-order valence-corrected chi connectivity index (χ3v) is 5.55. The molecule has 2 N–H and O–H groups in total. The highest BCUT2D eigenvalue weighted by atomic mass is 19.4. The molecule has 0 radical (unpaired) electrons. The van der Waals surface area contributed by atoms with Crippen LogP contribution in [0.2, 0.25) is 0 Å². The van der Waals surface area contributed by atoms with Crippen LogP contribution in [0.15, 0.2) is 49.1 Å². The van der Waals surface area contributed by atoms with Gasteiger partial charge >= 0.3 is 12.2 Å². The highest BCUT2D eigenvalue weighted by molar-refractivity contribution is 5.94. The zero-order valence-electron chi connectivity index (χ0n) is 18.3. The number of hydrogen-bond acceptors (Lipinski definition) is 5. The number of benzene rings is 1. The van der Waals surface area contributed by atoms with Crippen LogP contribution in [0.4, 0.5) is 29.7 Å². The lowest BCUT2D eigenvalue weighted by Crippen LogP contribution is -2.38. The van der Waals surface area contributed by atoms with E-state index in [4.69, 9.17) is 0 Å². The summed E-state index contributed by atoms with van der Waals surface area (Å²) in [6.07, 6.45) is 0.472. The summed E-state index contributed by atoms with van der Waals surface area (Å²) < 4.78 is 40.0. The average molecular weight is 459 g/mol. The van der Waals surface area contributed by atoms with E-state index in [1.807, 2.05) is 20.8 Å². The van der Waals surface area contributed by atoms with Gasteiger partial charge in [0.25, 0.3) is 0 Å². The molecule has 0 unspecified atom stereocenters. The van der Waals surface area contributed by atoms with Gasteiger partial charge in [0.15, 0.2) is 0 Å². The number of rotatable bonds is 6. The maximum atomic E-state index is 12.8. The fraction of sp³-hybridized carbons (Fsp3) is 0.364. The molecule has 0 saturated carbocycles. The fourth-order valence-corrected chi connectivity index (χ4v) is 3.67. The summed E-state index contributed by atoms with van der Waals surface area (Å²) in [4.78, 5) is 27.1. The van der Waals surface area contributed by atoms with E-state index in [9.17, 15) is 18.0 Å². The van der Waals surface area contributed by atoms with E-state index >= 15 is 0 Å². The van der Waals surface area contributed by atoms with Crippen LogP contribution in [0.1, 0.15) is 38.1 Å². The third-order valence-electron chi connectivity index (χ3n) is 5.55. The van der Waals surface area contributed by atoms with Gasteiger partial charge in [0.05, 0.1) is 29.7 Å². The van der Waals surface area contributed by atoms with Crippen LogP contribution in [0.25, 0.3) is 5.69 Å². The van der Waals surface area contributed by atoms with E-state index in [0.717, 1.165) is 12.1 Å². The number of hydrogen-bond donors (Lipinski definition) is 2. The van der Waals surface area contributed by atoms with Gasteiger partial charge in [-0.15, -0.1) is 0 Å². The Morgan fingerprint density at radius 2 is 1.85 bits per heavy atom. The van der Waals surface area contributed by atoms with Gasteiger partial charge < -0.3 is 15.2 Å². The number of nitrogens with zero attached hydrogens (tertiary/aromatic N) is 5. The Kier molecular flexibility index (Phi) is 5.96. The first-order valence-electron chi connectivity index (χ1n) is 10.5. The normalized spacial score (nSPS) is 17.4. The van der Waals surface area contributed by atoms with Crippen LogP contribution < -0.4 is 15.5 Å². The number of carbonyl (C=O) groups excluding carboxylic acids is 1. The van der Waals surface area contributed by atoms with Gasteiger partial charge in [-0.3, -0.25) is 4.90 Å². The summed E-state index contributed by atoms with van der Waals surface area (Å²) in [5.41, 5.74) is 0.514. The van der Waals surface area contributed by atoms with Crippen LogP contribution in [0.3, 0.4) is 0 Å². The summed E-state index contributed by atoms with van der Waals surface area (Å²) >= 11 is 0. The van der Waals surface area contributed by atoms with Crippen molar-refractivity contribution >= 4 is 17.8 Å². The Morgan fingerprint density at radius 3 is 2.52 bits per heavy atom. The standard InChI is InChI=1S/C22H24F3N7O/c1-13(2)18-10-27-21(33)32(18)19-8-9-26-20(30-19)29-14(3)17-11-31(12-28-17)16-6-4-15(5-7-16)22(23,24)25/h4-9,11-14,18H,10H2,1-3H3,(H,27,33)(H,26,29,30)/t14-,18+/m0/s1. The molecule has 1 fully saturated rings. The lowest BCUT2D eigenvalue weighted by molar-refractivity contribution is -0.137. The van der Waals surface area contributed by atoms with Crippen molar-refractivity contribution in [2.24, 2.45) is 5.92 Å². The molecule has 3 heterocycles. The van der Waals surface area contributed by atoms with Crippen LogP contribution >= 0.6 is 0 Å². The fourth-order valence-electron chi connectivity index (χ4n) is 3.67. The summed E-state index contributed by atoms with van der Waals surface area (Å²) in [6.45, 7) is 6.52. The molecule has 2 amide bonds. The summed E-state index contributed by atoms with van der Waals surface area (Å²) in [5.74, 6) is 1.10. The Hall–Kier alpha value is -3.63. The molecule has 0 spiro atoms. The van der Waals surface area contributed by atoms with Crippen molar-refractivity contribution in [2.45, 2.75) is 39.0 Å². The molecule has 1 saturated heterocycles. The molecule has 1 aromatic carbocycles. The predicted octanol–water partition coefficient (Wildman–Crippen LogP) is 4.41. The largest absolute Gasteiger partial charge is 0.416 e. The molecule has 4 rings (SSSR count). The summed E-state index contributed by atoms with van der Waals surface area (Å²) in [6, 6.07) is 6.07. The highest BCUT2D eigenvalue weighted by Gasteiger charge is 2.35. The molecule has 8 nitrogen and oxygen atoms in total. The van der Waals surface area contributed by atoms with Crippen molar-refractivity contribution < 1.29 is 18.0 Å². The van der Waals surface area contributed by atoms with Crippen molar-refractivity contribution in [1.29, 1.82) is 0 Å². The van der Waals surface area contributed by atoms with Crippen LogP contribution in [0.5, 0.6) is 0 Å². The van der Waals surface area contributed by atoms with Crippen LogP contribution in [-0.4, -0.2) is 38.1 Å². The van der Waals surface area contributed by atoms with Crippen molar-refractivity contribution in [1.82, 2.24) is 24.8 Å². The Labute approximate surface area is 188 Å². The van der Waals surface area contributed by atoms with E-state index in [1.165, 1.54) is 18.5 Å². The van der Waals surface area contributed by atoms with Crippen molar-refractivity contribution in [3.8, 4) is 5.69 Å². The quantitative estimate of drug-likeness (QED) is 0.570. The second-order valence-corrected chi connectivity index (χ2v) is 8.22. The van der Waals surface area contributed by atoms with Gasteiger partial charge in [-0.2, -0.15) is 18.2 Å². The highest BCUT2D eigenvalue weighted by Crippen LogP contribution is 2.30. The smallest absolute Gasteiger partial charge is 0.346 e. The third kappa shape index (κ3) is 4.76. The monoisotopic (exact) mass is 459 g/mol. The van der Waals surface area contributed by atoms with Gasteiger partial charge in [0, 0.05) is 24.6 Å². The molecule has 33 heavy (non-hydrogen) atoms. The second kappa shape index (κ2) is 8.72. The zero-order valence-corrected chi connectivity index (χ0v) is 18.3. The molecule has 3 aromatic rings. The first kappa shape index (κ1) is 22.6. The minimum atomic E-state index is -4.38. The molecule has 1 aliphatic heterocycles. The maximum absolute atomic E-state index is 12.8. The predicted molar refractivity (Wildman–Crippen MR) is 117 cm³/mol. The van der Waals surface area contributed by atoms with Crippen molar-refractivity contribution in [3.63, 3.8) is 0 Å². The maximum Gasteiger partial charge on any atom is 0.416 e. The Balaban J connectivity index is 1.48. The Bertz CT molecular complexity index is 1130. The minimum Gasteiger partial charge on any atom is -0.346 e. The molecule has 0 bridgehead atoms. The summed E-state index contributed by atoms with van der Waals surface area (Å²) in [7, 11) is 0. The van der Waals surface area contributed by atoms with E-state index in [1.54, 1.807) is 27.9 Å². The Morgan fingerprint density at radius 1 is 1.12 bits per heavy atom. The minimum absolute atomic E-state index is 0.00268. The first-order chi connectivity index (χ1) is 15.6. The second-order valence-electron chi connectivity index (χ2n) is 8.22. The summed E-state index contributed by atoms with van der Waals surface area (Å²) in [5, 5.41) is 6.02. The molecule has 11 heteroatoms. The molecule has 2 aromatic heterocycles. The lowest BCUT2D eigenvalue weighted by Gasteiger charge is -2.25. The van der Waals surface area contributed by atoms with Crippen LogP contribution in [0, 0.1) is 5.92 Å². The number of carbonyl (C=O) groups is 1. The number of aromatic nitrogens is 4. The van der Waals surface area contributed by atoms with E-state index < -0.39 is 11.7 Å². The van der Waals surface area contributed by atoms with Gasteiger partial charge in [-0.25, -0.2) is 14.8 Å². The van der Waals surface area contributed by atoms with Gasteiger partial charge in [0.2, 0.25) is 5.95 Å².